The van der Waals surface area contributed by atoms with Crippen LogP contribution in [0.4, 0.5) is 0 Å². The van der Waals surface area contributed by atoms with Gasteiger partial charge in [0.25, 0.3) is 0 Å². The van der Waals surface area contributed by atoms with E-state index < -0.39 is 0 Å². The molecule has 10 rings (SSSR count). The number of rotatable bonds is 2. The summed E-state index contributed by atoms with van der Waals surface area (Å²) in [5, 5.41) is 13.2. The Balaban J connectivity index is 1.26. The lowest BCUT2D eigenvalue weighted by molar-refractivity contribution is 1.66. The molecule has 0 fully saturated rings. The molecular weight excluding hydrogens is 569 g/mol. The van der Waals surface area contributed by atoms with Crippen LogP contribution in [0.25, 0.3) is 94.9 Å². The minimum absolute atomic E-state index is 1.25. The van der Waals surface area contributed by atoms with E-state index in [-0.39, 0.29) is 0 Å². The second-order valence-electron chi connectivity index (χ2n) is 11.6. The standard InChI is InChI=1S/C42H24S2/c1-2-10-25(11-3-1)40-29-13-4-6-15-31(29)41(32-16-7-5-14-30(32)40)27-19-21-38-35(22-27)33-20-18-26-23-39-36(24-34(26)42(33)44-38)28-12-8-9-17-37(28)43-39/h1-24H. The highest BCUT2D eigenvalue weighted by molar-refractivity contribution is 7.27. The number of hydrogen-bond acceptors (Lipinski definition) is 2. The zero-order valence-corrected chi connectivity index (χ0v) is 25.3. The van der Waals surface area contributed by atoms with Gasteiger partial charge in [-0.15, -0.1) is 22.7 Å². The Morgan fingerprint density at radius 2 is 0.886 bits per heavy atom. The van der Waals surface area contributed by atoms with Crippen molar-refractivity contribution in [2.45, 2.75) is 0 Å². The van der Waals surface area contributed by atoms with E-state index in [4.69, 9.17) is 0 Å². The summed E-state index contributed by atoms with van der Waals surface area (Å²) in [6, 6.07) is 54.1. The van der Waals surface area contributed by atoms with Crippen molar-refractivity contribution in [3.63, 3.8) is 0 Å². The van der Waals surface area contributed by atoms with Crippen molar-refractivity contribution in [3.8, 4) is 22.3 Å². The van der Waals surface area contributed by atoms with Gasteiger partial charge < -0.3 is 0 Å². The van der Waals surface area contributed by atoms with Gasteiger partial charge in [0.15, 0.2) is 0 Å². The van der Waals surface area contributed by atoms with Crippen LogP contribution in [0.3, 0.4) is 0 Å². The molecule has 8 aromatic carbocycles. The summed E-state index contributed by atoms with van der Waals surface area (Å²) in [5.74, 6) is 0. The molecule has 0 N–H and O–H groups in total. The molecule has 0 saturated heterocycles. The van der Waals surface area contributed by atoms with Crippen molar-refractivity contribution in [1.82, 2.24) is 0 Å². The smallest absolute Gasteiger partial charge is 0.0434 e. The number of fused-ring (bicyclic) bond motifs is 10. The van der Waals surface area contributed by atoms with E-state index in [2.05, 4.69) is 146 Å². The molecule has 10 aromatic rings. The molecule has 0 bridgehead atoms. The topological polar surface area (TPSA) is 0 Å². The fraction of sp³-hybridized carbons (Fsp3) is 0. The minimum Gasteiger partial charge on any atom is -0.135 e. The highest BCUT2D eigenvalue weighted by Gasteiger charge is 2.18. The lowest BCUT2D eigenvalue weighted by atomic mass is 9.86. The van der Waals surface area contributed by atoms with Gasteiger partial charge in [-0.25, -0.2) is 0 Å². The summed E-state index contributed by atoms with van der Waals surface area (Å²) in [4.78, 5) is 0. The normalized spacial score (nSPS) is 12.1. The van der Waals surface area contributed by atoms with Gasteiger partial charge in [-0.05, 0) is 79.5 Å². The second kappa shape index (κ2) is 9.24. The maximum absolute atomic E-state index is 2.44. The zero-order chi connectivity index (χ0) is 28.8. The van der Waals surface area contributed by atoms with Crippen LogP contribution < -0.4 is 0 Å². The van der Waals surface area contributed by atoms with Crippen LogP contribution in [-0.4, -0.2) is 0 Å². The first kappa shape index (κ1) is 24.4. The predicted molar refractivity (Wildman–Crippen MR) is 196 cm³/mol. The van der Waals surface area contributed by atoms with Crippen LogP contribution in [0.2, 0.25) is 0 Å². The first-order valence-corrected chi connectivity index (χ1v) is 16.6. The largest absolute Gasteiger partial charge is 0.135 e. The molecule has 204 valence electrons. The monoisotopic (exact) mass is 592 g/mol. The van der Waals surface area contributed by atoms with E-state index in [0.717, 1.165) is 0 Å². The van der Waals surface area contributed by atoms with Gasteiger partial charge in [-0.2, -0.15) is 0 Å². The summed E-state index contributed by atoms with van der Waals surface area (Å²) in [6.07, 6.45) is 0. The van der Waals surface area contributed by atoms with E-state index in [0.29, 0.717) is 0 Å². The quantitative estimate of drug-likeness (QED) is 0.175. The van der Waals surface area contributed by atoms with E-state index >= 15 is 0 Å². The average Bonchev–Trinajstić information content (AvgIpc) is 3.64. The highest BCUT2D eigenvalue weighted by atomic mass is 32.1. The molecule has 0 saturated carbocycles. The van der Waals surface area contributed by atoms with Crippen molar-refractivity contribution in [2.75, 3.05) is 0 Å². The van der Waals surface area contributed by atoms with E-state index in [9.17, 15) is 0 Å². The fourth-order valence-corrected chi connectivity index (χ4v) is 9.63. The van der Waals surface area contributed by atoms with Gasteiger partial charge in [0.1, 0.15) is 0 Å². The molecule has 2 aromatic heterocycles. The van der Waals surface area contributed by atoms with Gasteiger partial charge in [-0.3, -0.25) is 0 Å². The third kappa shape index (κ3) is 3.44. The maximum atomic E-state index is 2.44. The SMILES string of the molecule is c1ccc(-c2c3ccccc3c(-c3ccc4sc5c6cc7c(cc6ccc5c4c3)sc3ccccc37)c3ccccc23)cc1. The molecule has 0 amide bonds. The van der Waals surface area contributed by atoms with Gasteiger partial charge >= 0.3 is 0 Å². The number of thiophene rings is 2. The number of hydrogen-bond donors (Lipinski definition) is 0. The van der Waals surface area contributed by atoms with Gasteiger partial charge in [0, 0.05) is 45.7 Å². The molecule has 0 spiro atoms. The van der Waals surface area contributed by atoms with Crippen molar-refractivity contribution in [3.05, 3.63) is 146 Å². The Hall–Kier alpha value is -5.02. The molecule has 44 heavy (non-hydrogen) atoms. The molecule has 2 heteroatoms. The van der Waals surface area contributed by atoms with Gasteiger partial charge in [0.05, 0.1) is 0 Å². The molecule has 2 heterocycles. The van der Waals surface area contributed by atoms with Crippen molar-refractivity contribution in [2.24, 2.45) is 0 Å². The Morgan fingerprint density at radius 3 is 1.61 bits per heavy atom. The van der Waals surface area contributed by atoms with Crippen LogP contribution >= 0.6 is 22.7 Å². The van der Waals surface area contributed by atoms with Crippen LogP contribution in [0, 0.1) is 0 Å². The minimum atomic E-state index is 1.25. The molecule has 0 atom stereocenters. The molecule has 0 aliphatic heterocycles. The summed E-state index contributed by atoms with van der Waals surface area (Å²) >= 11 is 3.81. The van der Waals surface area contributed by atoms with Crippen molar-refractivity contribution < 1.29 is 0 Å². The maximum Gasteiger partial charge on any atom is 0.0434 e. The molecule has 0 unspecified atom stereocenters. The van der Waals surface area contributed by atoms with Crippen LogP contribution in [0.5, 0.6) is 0 Å². The molecule has 0 nitrogen and oxygen atoms in total. The average molecular weight is 593 g/mol. The Labute approximate surface area is 262 Å². The molecule has 0 radical (unpaired) electrons. The first-order valence-electron chi connectivity index (χ1n) is 15.0. The van der Waals surface area contributed by atoms with Crippen LogP contribution in [0.15, 0.2) is 146 Å². The Kier molecular flexibility index (Phi) is 5.13. The summed E-state index contributed by atoms with van der Waals surface area (Å²) < 4.78 is 5.42. The first-order chi connectivity index (χ1) is 21.8. The van der Waals surface area contributed by atoms with E-state index in [1.807, 2.05) is 22.7 Å². The van der Waals surface area contributed by atoms with Crippen LogP contribution in [-0.2, 0) is 0 Å². The van der Waals surface area contributed by atoms with Crippen LogP contribution in [0.1, 0.15) is 0 Å². The van der Waals surface area contributed by atoms with Gasteiger partial charge in [0.2, 0.25) is 0 Å². The Bertz CT molecular complexity index is 2700. The highest BCUT2D eigenvalue weighted by Crippen LogP contribution is 2.47. The third-order valence-corrected chi connectivity index (χ3v) is 11.6. The van der Waals surface area contributed by atoms with Crippen molar-refractivity contribution in [1.29, 1.82) is 0 Å². The molecule has 0 aliphatic rings. The Morgan fingerprint density at radius 1 is 0.295 bits per heavy atom. The van der Waals surface area contributed by atoms with E-state index in [1.165, 1.54) is 94.9 Å². The third-order valence-electron chi connectivity index (χ3n) is 9.23. The van der Waals surface area contributed by atoms with E-state index in [1.54, 1.807) is 0 Å². The number of benzene rings is 8. The summed E-state index contributed by atoms with van der Waals surface area (Å²) in [7, 11) is 0. The predicted octanol–water partition coefficient (Wildman–Crippen LogP) is 13.2. The molecule has 0 aliphatic carbocycles. The lowest BCUT2D eigenvalue weighted by Gasteiger charge is -2.17. The molecular formula is C42H24S2. The van der Waals surface area contributed by atoms with Gasteiger partial charge in [-0.1, -0.05) is 115 Å². The lowest BCUT2D eigenvalue weighted by Crippen LogP contribution is -1.90. The van der Waals surface area contributed by atoms with Crippen molar-refractivity contribution >= 4 is 95.3 Å². The second-order valence-corrected chi connectivity index (χ2v) is 13.8. The fourth-order valence-electron chi connectivity index (χ4n) is 7.29. The summed E-state index contributed by atoms with van der Waals surface area (Å²) in [6.45, 7) is 0. The summed E-state index contributed by atoms with van der Waals surface area (Å²) in [5.41, 5.74) is 5.14. The zero-order valence-electron chi connectivity index (χ0n) is 23.7.